The Morgan fingerprint density at radius 1 is 1.19 bits per heavy atom. The van der Waals surface area contributed by atoms with Crippen molar-refractivity contribution < 1.29 is 13.9 Å². The molecule has 1 atom stereocenters. The van der Waals surface area contributed by atoms with E-state index < -0.39 is 5.25 Å². The Balaban J connectivity index is 1.66. The highest BCUT2D eigenvalue weighted by Crippen LogP contribution is 2.29. The molecule has 140 valence electrons. The van der Waals surface area contributed by atoms with Crippen molar-refractivity contribution >= 4 is 23.4 Å². The number of anilines is 1. The molecule has 0 aliphatic heterocycles. The van der Waals surface area contributed by atoms with Gasteiger partial charge in [0, 0.05) is 5.56 Å². The van der Waals surface area contributed by atoms with Crippen LogP contribution in [0.2, 0.25) is 0 Å². The average molecular weight is 383 g/mol. The molecule has 1 amide bonds. The van der Waals surface area contributed by atoms with Gasteiger partial charge < -0.3 is 14.5 Å². The lowest BCUT2D eigenvalue weighted by atomic mass is 10.1. The predicted molar refractivity (Wildman–Crippen MR) is 106 cm³/mol. The molecule has 0 saturated carbocycles. The summed E-state index contributed by atoms with van der Waals surface area (Å²) in [6, 6.07) is 15.1. The van der Waals surface area contributed by atoms with E-state index in [0.29, 0.717) is 29.2 Å². The van der Waals surface area contributed by atoms with Crippen LogP contribution in [0.5, 0.6) is 5.75 Å². The van der Waals surface area contributed by atoms with Crippen molar-refractivity contribution in [1.29, 1.82) is 0 Å². The molecule has 0 radical (unpaired) electrons. The van der Waals surface area contributed by atoms with Gasteiger partial charge in [-0.05, 0) is 44.5 Å². The van der Waals surface area contributed by atoms with Crippen molar-refractivity contribution in [2.75, 3.05) is 11.9 Å². The fourth-order valence-electron chi connectivity index (χ4n) is 2.47. The van der Waals surface area contributed by atoms with E-state index in [2.05, 4.69) is 15.5 Å². The van der Waals surface area contributed by atoms with Crippen LogP contribution in [0.1, 0.15) is 19.4 Å². The van der Waals surface area contributed by atoms with E-state index in [-0.39, 0.29) is 5.91 Å². The van der Waals surface area contributed by atoms with Crippen LogP contribution in [0.4, 0.5) is 5.69 Å². The van der Waals surface area contributed by atoms with E-state index in [0.717, 1.165) is 11.1 Å². The number of carbonyl (C=O) groups is 1. The van der Waals surface area contributed by atoms with Gasteiger partial charge in [-0.1, -0.05) is 42.1 Å². The first-order valence-corrected chi connectivity index (χ1v) is 9.55. The molecule has 1 heterocycles. The third-order valence-electron chi connectivity index (χ3n) is 3.87. The second-order valence-electron chi connectivity index (χ2n) is 5.87. The number of hydrogen-bond acceptors (Lipinski definition) is 6. The van der Waals surface area contributed by atoms with Gasteiger partial charge in [-0.15, -0.1) is 10.2 Å². The molecule has 1 N–H and O–H groups in total. The van der Waals surface area contributed by atoms with Crippen molar-refractivity contribution in [3.8, 4) is 17.2 Å². The highest BCUT2D eigenvalue weighted by Gasteiger charge is 2.20. The number of thioether (sulfide) groups is 1. The molecular formula is C20H21N3O3S. The zero-order valence-corrected chi connectivity index (χ0v) is 16.2. The Labute approximate surface area is 162 Å². The molecular weight excluding hydrogens is 362 g/mol. The number of amides is 1. The van der Waals surface area contributed by atoms with Crippen LogP contribution < -0.4 is 10.1 Å². The van der Waals surface area contributed by atoms with Crippen LogP contribution in [-0.2, 0) is 4.79 Å². The predicted octanol–water partition coefficient (Wildman–Crippen LogP) is 4.56. The second-order valence-corrected chi connectivity index (χ2v) is 7.16. The number of aryl methyl sites for hydroxylation is 1. The van der Waals surface area contributed by atoms with Crippen LogP contribution in [0.3, 0.4) is 0 Å². The zero-order chi connectivity index (χ0) is 19.2. The molecule has 3 rings (SSSR count). The standard InChI is InChI=1S/C20H21N3O3S/c1-4-25-17-12-8-7-11-16(17)21-18(24)14(3)27-20-23-22-19(26-20)15-10-6-5-9-13(15)2/h5-12,14H,4H2,1-3H3,(H,21,24)/t14-/m1/s1. The molecule has 1 aromatic heterocycles. The van der Waals surface area contributed by atoms with Crippen molar-refractivity contribution in [2.45, 2.75) is 31.2 Å². The topological polar surface area (TPSA) is 77.2 Å². The van der Waals surface area contributed by atoms with E-state index >= 15 is 0 Å². The molecule has 3 aromatic rings. The number of rotatable bonds is 7. The van der Waals surface area contributed by atoms with E-state index in [1.807, 2.05) is 62.4 Å². The van der Waals surface area contributed by atoms with Gasteiger partial charge in [0.15, 0.2) is 0 Å². The summed E-state index contributed by atoms with van der Waals surface area (Å²) in [6.45, 7) is 6.21. The molecule has 7 heteroatoms. The van der Waals surface area contributed by atoms with E-state index in [1.54, 1.807) is 6.92 Å². The molecule has 2 aromatic carbocycles. The smallest absolute Gasteiger partial charge is 0.277 e. The largest absolute Gasteiger partial charge is 0.492 e. The molecule has 0 saturated heterocycles. The minimum atomic E-state index is -0.412. The highest BCUT2D eigenvalue weighted by molar-refractivity contribution is 8.00. The van der Waals surface area contributed by atoms with E-state index in [1.165, 1.54) is 11.8 Å². The third-order valence-corrected chi connectivity index (χ3v) is 4.81. The molecule has 0 aliphatic rings. The van der Waals surface area contributed by atoms with Gasteiger partial charge in [0.05, 0.1) is 17.5 Å². The number of nitrogens with zero attached hydrogens (tertiary/aromatic N) is 2. The van der Waals surface area contributed by atoms with Crippen LogP contribution in [0.25, 0.3) is 11.5 Å². The Morgan fingerprint density at radius 3 is 2.70 bits per heavy atom. The highest BCUT2D eigenvalue weighted by atomic mass is 32.2. The molecule has 0 aliphatic carbocycles. The molecule has 27 heavy (non-hydrogen) atoms. The lowest BCUT2D eigenvalue weighted by molar-refractivity contribution is -0.115. The van der Waals surface area contributed by atoms with E-state index in [9.17, 15) is 4.79 Å². The van der Waals surface area contributed by atoms with Crippen molar-refractivity contribution in [3.63, 3.8) is 0 Å². The quantitative estimate of drug-likeness (QED) is 0.603. The summed E-state index contributed by atoms with van der Waals surface area (Å²) in [5.74, 6) is 0.929. The molecule has 0 fully saturated rings. The maximum Gasteiger partial charge on any atom is 0.277 e. The Bertz CT molecular complexity index is 926. The van der Waals surface area contributed by atoms with Crippen LogP contribution in [-0.4, -0.2) is 28.0 Å². The summed E-state index contributed by atoms with van der Waals surface area (Å²) in [7, 11) is 0. The number of carbonyl (C=O) groups excluding carboxylic acids is 1. The molecule has 0 unspecified atom stereocenters. The Morgan fingerprint density at radius 2 is 1.93 bits per heavy atom. The number of hydrogen-bond donors (Lipinski definition) is 1. The van der Waals surface area contributed by atoms with Gasteiger partial charge in [-0.3, -0.25) is 4.79 Å². The molecule has 0 spiro atoms. The fraction of sp³-hybridized carbons (Fsp3) is 0.250. The number of aromatic nitrogens is 2. The average Bonchev–Trinajstić information content (AvgIpc) is 3.12. The summed E-state index contributed by atoms with van der Waals surface area (Å²) in [6.07, 6.45) is 0. The van der Waals surface area contributed by atoms with Gasteiger partial charge in [0.1, 0.15) is 5.75 Å². The SMILES string of the molecule is CCOc1ccccc1NC(=O)[C@@H](C)Sc1nnc(-c2ccccc2C)o1. The summed E-state index contributed by atoms with van der Waals surface area (Å²) in [5.41, 5.74) is 2.58. The summed E-state index contributed by atoms with van der Waals surface area (Å²) in [4.78, 5) is 12.5. The first-order chi connectivity index (χ1) is 13.1. The van der Waals surface area contributed by atoms with Crippen LogP contribution >= 0.6 is 11.8 Å². The lowest BCUT2D eigenvalue weighted by Gasteiger charge is -2.13. The Hall–Kier alpha value is -2.80. The first-order valence-electron chi connectivity index (χ1n) is 8.67. The number of benzene rings is 2. The third kappa shape index (κ3) is 4.68. The fourth-order valence-corrected chi connectivity index (χ4v) is 3.15. The lowest BCUT2D eigenvalue weighted by Crippen LogP contribution is -2.22. The van der Waals surface area contributed by atoms with Crippen molar-refractivity contribution in [3.05, 3.63) is 54.1 Å². The maximum atomic E-state index is 12.5. The molecule has 6 nitrogen and oxygen atoms in total. The summed E-state index contributed by atoms with van der Waals surface area (Å²) < 4.78 is 11.3. The zero-order valence-electron chi connectivity index (χ0n) is 15.4. The minimum Gasteiger partial charge on any atom is -0.492 e. The van der Waals surface area contributed by atoms with Crippen LogP contribution in [0, 0.1) is 6.92 Å². The van der Waals surface area contributed by atoms with Crippen molar-refractivity contribution in [1.82, 2.24) is 10.2 Å². The van der Waals surface area contributed by atoms with Gasteiger partial charge >= 0.3 is 0 Å². The number of nitrogens with one attached hydrogen (secondary N) is 1. The van der Waals surface area contributed by atoms with Gasteiger partial charge in [0.25, 0.3) is 5.22 Å². The number of ether oxygens (including phenoxy) is 1. The van der Waals surface area contributed by atoms with Gasteiger partial charge in [-0.25, -0.2) is 0 Å². The maximum absolute atomic E-state index is 12.5. The van der Waals surface area contributed by atoms with Gasteiger partial charge in [0.2, 0.25) is 11.8 Å². The normalized spacial score (nSPS) is 11.8. The second kappa shape index (κ2) is 8.73. The van der Waals surface area contributed by atoms with Crippen molar-refractivity contribution in [2.24, 2.45) is 0 Å². The van der Waals surface area contributed by atoms with Crippen LogP contribution in [0.15, 0.2) is 58.2 Å². The minimum absolute atomic E-state index is 0.164. The van der Waals surface area contributed by atoms with E-state index in [4.69, 9.17) is 9.15 Å². The first kappa shape index (κ1) is 19.0. The summed E-state index contributed by atoms with van der Waals surface area (Å²) in [5, 5.41) is 11.0. The summed E-state index contributed by atoms with van der Waals surface area (Å²) >= 11 is 1.22. The number of para-hydroxylation sites is 2. The Kier molecular flexibility index (Phi) is 6.13. The van der Waals surface area contributed by atoms with Gasteiger partial charge in [-0.2, -0.15) is 0 Å². The monoisotopic (exact) mass is 383 g/mol. The molecule has 0 bridgehead atoms.